The quantitative estimate of drug-likeness (QED) is 0.874. The van der Waals surface area contributed by atoms with E-state index in [1.165, 1.54) is 0 Å². The molecule has 0 unspecified atom stereocenters. The maximum Gasteiger partial charge on any atom is 0.231 e. The lowest BCUT2D eigenvalue weighted by Gasteiger charge is -2.10. The van der Waals surface area contributed by atoms with Gasteiger partial charge in [0.1, 0.15) is 0 Å². The van der Waals surface area contributed by atoms with Gasteiger partial charge in [0.2, 0.25) is 5.91 Å². The second-order valence-corrected chi connectivity index (χ2v) is 4.84. The first-order valence-electron chi connectivity index (χ1n) is 6.22. The van der Waals surface area contributed by atoms with E-state index in [4.69, 9.17) is 5.73 Å². The van der Waals surface area contributed by atoms with Gasteiger partial charge in [0.15, 0.2) is 0 Å². The summed E-state index contributed by atoms with van der Waals surface area (Å²) in [6.07, 6.45) is 2.43. The van der Waals surface area contributed by atoms with Crippen molar-refractivity contribution in [3.63, 3.8) is 0 Å². The number of nitrogens with zero attached hydrogens (tertiary/aromatic N) is 3. The van der Waals surface area contributed by atoms with Crippen LogP contribution in [0.3, 0.4) is 0 Å². The number of anilines is 1. The molecule has 1 aromatic carbocycles. The van der Waals surface area contributed by atoms with E-state index in [1.807, 2.05) is 32.4 Å². The molecule has 0 aliphatic carbocycles. The molecule has 3 rings (SSSR count). The van der Waals surface area contributed by atoms with E-state index in [2.05, 4.69) is 11.2 Å². The van der Waals surface area contributed by atoms with Crippen LogP contribution in [-0.4, -0.2) is 22.7 Å². The summed E-state index contributed by atoms with van der Waals surface area (Å²) in [5.74, 6) is 0.136. The van der Waals surface area contributed by atoms with E-state index in [0.717, 1.165) is 28.1 Å². The standard InChI is InChI=1S/C14H16N4O/c1-17-8-11(12(7-15)16-17)9-3-4-13-10(5-9)6-14(19)18(13)2/h3-5,8H,6-7,15H2,1-2H3. The van der Waals surface area contributed by atoms with Gasteiger partial charge in [-0.2, -0.15) is 5.10 Å². The average molecular weight is 256 g/mol. The zero-order chi connectivity index (χ0) is 13.6. The molecule has 0 saturated carbocycles. The number of benzene rings is 1. The van der Waals surface area contributed by atoms with Crippen molar-refractivity contribution in [3.05, 3.63) is 35.7 Å². The van der Waals surface area contributed by atoms with E-state index >= 15 is 0 Å². The minimum Gasteiger partial charge on any atom is -0.325 e. The fourth-order valence-electron chi connectivity index (χ4n) is 2.56. The molecule has 1 amide bonds. The van der Waals surface area contributed by atoms with Crippen molar-refractivity contribution in [1.82, 2.24) is 9.78 Å². The second kappa shape index (κ2) is 4.20. The SMILES string of the molecule is CN1C(=O)Cc2cc(-c3cn(C)nc3CN)ccc21. The molecule has 1 aromatic heterocycles. The van der Waals surface area contributed by atoms with Gasteiger partial charge in [-0.15, -0.1) is 0 Å². The summed E-state index contributed by atoms with van der Waals surface area (Å²) in [6.45, 7) is 0.409. The Kier molecular flexibility index (Phi) is 2.64. The van der Waals surface area contributed by atoms with Crippen LogP contribution in [0.4, 0.5) is 5.69 Å². The highest BCUT2D eigenvalue weighted by Crippen LogP contribution is 2.32. The molecule has 0 saturated heterocycles. The lowest BCUT2D eigenvalue weighted by atomic mass is 10.0. The normalized spacial score (nSPS) is 14.1. The van der Waals surface area contributed by atoms with Crippen molar-refractivity contribution in [1.29, 1.82) is 0 Å². The predicted molar refractivity (Wildman–Crippen MR) is 73.6 cm³/mol. The molecule has 1 aliphatic heterocycles. The molecule has 0 spiro atoms. The Balaban J connectivity index is 2.08. The summed E-state index contributed by atoms with van der Waals surface area (Å²) in [4.78, 5) is 13.4. The number of nitrogens with two attached hydrogens (primary N) is 1. The lowest BCUT2D eigenvalue weighted by Crippen LogP contribution is -2.20. The van der Waals surface area contributed by atoms with Crippen molar-refractivity contribution in [2.45, 2.75) is 13.0 Å². The molecular weight excluding hydrogens is 240 g/mol. The van der Waals surface area contributed by atoms with Gasteiger partial charge in [-0.1, -0.05) is 6.07 Å². The summed E-state index contributed by atoms with van der Waals surface area (Å²) in [5, 5.41) is 4.34. The van der Waals surface area contributed by atoms with E-state index < -0.39 is 0 Å². The third-order valence-electron chi connectivity index (χ3n) is 3.57. The Morgan fingerprint density at radius 3 is 2.89 bits per heavy atom. The van der Waals surface area contributed by atoms with Gasteiger partial charge in [0.25, 0.3) is 0 Å². The van der Waals surface area contributed by atoms with Gasteiger partial charge in [-0.05, 0) is 23.3 Å². The number of hydrogen-bond acceptors (Lipinski definition) is 3. The van der Waals surface area contributed by atoms with Gasteiger partial charge < -0.3 is 10.6 Å². The molecule has 98 valence electrons. The minimum absolute atomic E-state index is 0.136. The fraction of sp³-hybridized carbons (Fsp3) is 0.286. The molecule has 1 aliphatic rings. The number of carbonyl (C=O) groups excluding carboxylic acids is 1. The van der Waals surface area contributed by atoms with Gasteiger partial charge >= 0.3 is 0 Å². The van der Waals surface area contributed by atoms with Gasteiger partial charge in [0.05, 0.1) is 12.1 Å². The molecule has 19 heavy (non-hydrogen) atoms. The van der Waals surface area contributed by atoms with E-state index in [0.29, 0.717) is 13.0 Å². The largest absolute Gasteiger partial charge is 0.325 e. The Hall–Kier alpha value is -2.14. The Morgan fingerprint density at radius 2 is 2.16 bits per heavy atom. The zero-order valence-electron chi connectivity index (χ0n) is 11.1. The Morgan fingerprint density at radius 1 is 1.37 bits per heavy atom. The van der Waals surface area contributed by atoms with Gasteiger partial charge in [-0.25, -0.2) is 0 Å². The van der Waals surface area contributed by atoms with Crippen LogP contribution >= 0.6 is 0 Å². The van der Waals surface area contributed by atoms with Gasteiger partial charge in [-0.3, -0.25) is 9.48 Å². The van der Waals surface area contributed by atoms with Crippen LogP contribution < -0.4 is 10.6 Å². The number of aryl methyl sites for hydroxylation is 1. The summed E-state index contributed by atoms with van der Waals surface area (Å²) in [7, 11) is 3.69. The lowest BCUT2D eigenvalue weighted by molar-refractivity contribution is -0.117. The number of aromatic nitrogens is 2. The molecule has 2 N–H and O–H groups in total. The topological polar surface area (TPSA) is 64.2 Å². The van der Waals surface area contributed by atoms with E-state index in [1.54, 1.807) is 9.58 Å². The first-order valence-corrected chi connectivity index (χ1v) is 6.22. The van der Waals surface area contributed by atoms with E-state index in [9.17, 15) is 4.79 Å². The van der Waals surface area contributed by atoms with Crippen LogP contribution in [0.5, 0.6) is 0 Å². The van der Waals surface area contributed by atoms with Crippen LogP contribution in [0.25, 0.3) is 11.1 Å². The number of likely N-dealkylation sites (N-methyl/N-ethyl adjacent to an activating group) is 1. The summed E-state index contributed by atoms with van der Waals surface area (Å²) in [5.41, 5.74) is 10.8. The third-order valence-corrected chi connectivity index (χ3v) is 3.57. The number of fused-ring (bicyclic) bond motifs is 1. The molecule has 5 nitrogen and oxygen atoms in total. The van der Waals surface area contributed by atoms with Crippen molar-refractivity contribution in [2.24, 2.45) is 12.8 Å². The smallest absolute Gasteiger partial charge is 0.231 e. The van der Waals surface area contributed by atoms with Gasteiger partial charge in [0, 0.05) is 38.1 Å². The van der Waals surface area contributed by atoms with Crippen molar-refractivity contribution in [3.8, 4) is 11.1 Å². The maximum atomic E-state index is 11.7. The van der Waals surface area contributed by atoms with Crippen LogP contribution in [0.2, 0.25) is 0 Å². The van der Waals surface area contributed by atoms with Crippen LogP contribution in [-0.2, 0) is 24.8 Å². The predicted octanol–water partition coefficient (Wildman–Crippen LogP) is 1.06. The van der Waals surface area contributed by atoms with E-state index in [-0.39, 0.29) is 5.91 Å². The molecule has 5 heteroatoms. The Bertz CT molecular complexity index is 659. The number of hydrogen-bond donors (Lipinski definition) is 1. The summed E-state index contributed by atoms with van der Waals surface area (Å²) in [6, 6.07) is 6.07. The van der Waals surface area contributed by atoms with Crippen LogP contribution in [0, 0.1) is 0 Å². The number of amides is 1. The first kappa shape index (κ1) is 11.9. The van der Waals surface area contributed by atoms with Crippen molar-refractivity contribution in [2.75, 3.05) is 11.9 Å². The zero-order valence-corrected chi connectivity index (χ0v) is 11.1. The molecule has 0 bridgehead atoms. The molecule has 0 atom stereocenters. The Labute approximate surface area is 111 Å². The highest BCUT2D eigenvalue weighted by Gasteiger charge is 2.24. The summed E-state index contributed by atoms with van der Waals surface area (Å²) < 4.78 is 1.77. The molecule has 2 aromatic rings. The monoisotopic (exact) mass is 256 g/mol. The highest BCUT2D eigenvalue weighted by atomic mass is 16.2. The van der Waals surface area contributed by atoms with Crippen molar-refractivity contribution >= 4 is 11.6 Å². The first-order chi connectivity index (χ1) is 9.10. The second-order valence-electron chi connectivity index (χ2n) is 4.84. The fourth-order valence-corrected chi connectivity index (χ4v) is 2.56. The summed E-state index contributed by atoms with van der Waals surface area (Å²) >= 11 is 0. The average Bonchev–Trinajstić information content (AvgIpc) is 2.91. The number of rotatable bonds is 2. The maximum absolute atomic E-state index is 11.7. The number of carbonyl (C=O) groups is 1. The van der Waals surface area contributed by atoms with Crippen molar-refractivity contribution < 1.29 is 4.79 Å². The minimum atomic E-state index is 0.136. The molecule has 0 radical (unpaired) electrons. The molecule has 0 fully saturated rings. The molecular formula is C14H16N4O. The van der Waals surface area contributed by atoms with Crippen LogP contribution in [0.15, 0.2) is 24.4 Å². The highest BCUT2D eigenvalue weighted by molar-refractivity contribution is 6.01. The molecule has 2 heterocycles. The van der Waals surface area contributed by atoms with Crippen LogP contribution in [0.1, 0.15) is 11.3 Å². The third kappa shape index (κ3) is 1.82.